The molecule has 6 heteroatoms. The predicted molar refractivity (Wildman–Crippen MR) is 339 cm³/mol. The molecule has 0 spiro atoms. The molecule has 0 heterocycles. The maximum absolute atomic E-state index is 13.0. The molecule has 0 saturated heterocycles. The first-order valence-electron chi connectivity index (χ1n) is 35.0. The highest BCUT2D eigenvalue weighted by molar-refractivity contribution is 5.71. The number of allylic oxidation sites excluding steroid dienone is 6. The minimum atomic E-state index is -0.773. The Morgan fingerprint density at radius 2 is 0.462 bits per heavy atom. The Labute approximate surface area is 486 Å². The van der Waals surface area contributed by atoms with Crippen molar-refractivity contribution in [3.63, 3.8) is 0 Å². The second-order valence-electron chi connectivity index (χ2n) is 23.8. The number of ether oxygens (including phenoxy) is 3. The van der Waals surface area contributed by atoms with Crippen molar-refractivity contribution in [2.24, 2.45) is 0 Å². The van der Waals surface area contributed by atoms with Crippen LogP contribution in [0.1, 0.15) is 387 Å². The molecule has 78 heavy (non-hydrogen) atoms. The second kappa shape index (κ2) is 67.1. The average molecular weight is 1100 g/mol. The van der Waals surface area contributed by atoms with E-state index in [4.69, 9.17) is 14.2 Å². The number of esters is 3. The molecule has 0 fully saturated rings. The van der Waals surface area contributed by atoms with Crippen molar-refractivity contribution in [1.29, 1.82) is 0 Å². The van der Waals surface area contributed by atoms with E-state index in [1.54, 1.807) is 0 Å². The van der Waals surface area contributed by atoms with Gasteiger partial charge in [-0.1, -0.05) is 346 Å². The summed E-state index contributed by atoms with van der Waals surface area (Å²) < 4.78 is 17.0. The van der Waals surface area contributed by atoms with Crippen LogP contribution in [0, 0.1) is 0 Å². The van der Waals surface area contributed by atoms with Gasteiger partial charge < -0.3 is 14.2 Å². The van der Waals surface area contributed by atoms with E-state index >= 15 is 0 Å². The Kier molecular flexibility index (Phi) is 65.1. The Hall–Kier alpha value is -2.37. The minimum Gasteiger partial charge on any atom is -0.462 e. The topological polar surface area (TPSA) is 78.9 Å². The van der Waals surface area contributed by atoms with Crippen molar-refractivity contribution < 1.29 is 28.6 Å². The van der Waals surface area contributed by atoms with Crippen molar-refractivity contribution >= 4 is 17.9 Å². The molecule has 0 amide bonds. The molecule has 6 nitrogen and oxygen atoms in total. The van der Waals surface area contributed by atoms with Crippen LogP contribution in [0.3, 0.4) is 0 Å². The maximum Gasteiger partial charge on any atom is 0.306 e. The molecule has 1 unspecified atom stereocenters. The first-order valence-corrected chi connectivity index (χ1v) is 35.0. The van der Waals surface area contributed by atoms with Crippen LogP contribution in [0.25, 0.3) is 0 Å². The number of hydrogen-bond acceptors (Lipinski definition) is 6. The van der Waals surface area contributed by atoms with Crippen LogP contribution < -0.4 is 0 Å². The molecule has 458 valence electrons. The van der Waals surface area contributed by atoms with Gasteiger partial charge in [0.1, 0.15) is 13.2 Å². The van der Waals surface area contributed by atoms with Crippen LogP contribution in [0.4, 0.5) is 0 Å². The van der Waals surface area contributed by atoms with Crippen LogP contribution in [-0.4, -0.2) is 37.2 Å². The van der Waals surface area contributed by atoms with Crippen LogP contribution in [0.5, 0.6) is 0 Å². The first-order chi connectivity index (χ1) is 38.5. The van der Waals surface area contributed by atoms with Gasteiger partial charge in [0, 0.05) is 19.3 Å². The molecule has 0 aromatic carbocycles. The Morgan fingerprint density at radius 3 is 0.718 bits per heavy atom. The number of unbranched alkanes of at least 4 members (excludes halogenated alkanes) is 48. The van der Waals surface area contributed by atoms with Gasteiger partial charge in [-0.3, -0.25) is 14.4 Å². The lowest BCUT2D eigenvalue weighted by atomic mass is 10.0. The van der Waals surface area contributed by atoms with Gasteiger partial charge in [0.25, 0.3) is 0 Å². The molecule has 0 aromatic heterocycles. The number of rotatable bonds is 65. The Bertz CT molecular complexity index is 1300. The van der Waals surface area contributed by atoms with Gasteiger partial charge >= 0.3 is 17.9 Å². The average Bonchev–Trinajstić information content (AvgIpc) is 3.44. The van der Waals surface area contributed by atoms with E-state index in [9.17, 15) is 14.4 Å². The summed E-state index contributed by atoms with van der Waals surface area (Å²) in [5.41, 5.74) is 0. The Balaban J connectivity index is 4.32. The van der Waals surface area contributed by atoms with Crippen molar-refractivity contribution in [2.75, 3.05) is 13.2 Å². The quantitative estimate of drug-likeness (QED) is 0.0261. The van der Waals surface area contributed by atoms with E-state index < -0.39 is 6.10 Å². The lowest BCUT2D eigenvalue weighted by Crippen LogP contribution is -2.30. The van der Waals surface area contributed by atoms with E-state index in [1.807, 2.05) is 0 Å². The van der Waals surface area contributed by atoms with Gasteiger partial charge in [0.05, 0.1) is 0 Å². The highest BCUT2D eigenvalue weighted by atomic mass is 16.6. The standard InChI is InChI=1S/C72H134O6/c1-4-7-10-13-16-19-22-25-28-31-33-35-36-37-39-41-44-47-50-53-56-59-62-65-71(74)77-68-69(67-76-70(73)64-61-58-55-52-49-46-43-40-30-27-24-21-18-15-12-9-6-3)78-72(75)66-63-60-57-54-51-48-45-42-38-34-32-29-26-23-20-17-14-11-8-5-2/h22,25,31,33,36-37,69H,4-21,23-24,26-30,32,34-35,38-68H2,1-3H3/b25-22-,33-31-,37-36-. The van der Waals surface area contributed by atoms with Gasteiger partial charge in [-0.05, 0) is 57.8 Å². The zero-order chi connectivity index (χ0) is 56.4. The summed E-state index contributed by atoms with van der Waals surface area (Å²) in [6.07, 6.45) is 83.0. The summed E-state index contributed by atoms with van der Waals surface area (Å²) in [6.45, 7) is 6.71. The van der Waals surface area contributed by atoms with E-state index in [-0.39, 0.29) is 31.1 Å². The van der Waals surface area contributed by atoms with Crippen molar-refractivity contribution in [3.8, 4) is 0 Å². The third-order valence-corrected chi connectivity index (χ3v) is 15.9. The zero-order valence-electron chi connectivity index (χ0n) is 52.7. The molecule has 0 radical (unpaired) electrons. The van der Waals surface area contributed by atoms with Crippen LogP contribution in [-0.2, 0) is 28.6 Å². The van der Waals surface area contributed by atoms with Crippen LogP contribution in [0.15, 0.2) is 36.5 Å². The molecule has 1 atom stereocenters. The largest absolute Gasteiger partial charge is 0.462 e. The van der Waals surface area contributed by atoms with Gasteiger partial charge in [-0.25, -0.2) is 0 Å². The lowest BCUT2D eigenvalue weighted by Gasteiger charge is -2.18. The van der Waals surface area contributed by atoms with Gasteiger partial charge in [-0.15, -0.1) is 0 Å². The highest BCUT2D eigenvalue weighted by Crippen LogP contribution is 2.18. The molecular weight excluding hydrogens is 961 g/mol. The Morgan fingerprint density at radius 1 is 0.256 bits per heavy atom. The van der Waals surface area contributed by atoms with Gasteiger partial charge in [0.15, 0.2) is 6.10 Å². The lowest BCUT2D eigenvalue weighted by molar-refractivity contribution is -0.167. The first kappa shape index (κ1) is 75.6. The summed E-state index contributed by atoms with van der Waals surface area (Å²) >= 11 is 0. The minimum absolute atomic E-state index is 0.0683. The van der Waals surface area contributed by atoms with Gasteiger partial charge in [0.2, 0.25) is 0 Å². The normalized spacial score (nSPS) is 12.2. The molecule has 0 aliphatic rings. The van der Waals surface area contributed by atoms with Crippen molar-refractivity contribution in [3.05, 3.63) is 36.5 Å². The number of carbonyl (C=O) groups excluding carboxylic acids is 3. The SMILES string of the molecule is CCCCCCC/C=C\C/C=C\C/C=C\CCCCCCCCCCC(=O)OCC(COC(=O)CCCCCCCCCCCCCCCCCCC)OC(=O)CCCCCCCCCCCCCCCCCCCCCC. The van der Waals surface area contributed by atoms with E-state index in [1.165, 1.54) is 270 Å². The molecule has 0 rings (SSSR count). The molecule has 0 aliphatic heterocycles. The fourth-order valence-corrected chi connectivity index (χ4v) is 10.6. The van der Waals surface area contributed by atoms with E-state index in [0.29, 0.717) is 19.3 Å². The summed E-state index contributed by atoms with van der Waals surface area (Å²) in [7, 11) is 0. The fraction of sp³-hybridized carbons (Fsp3) is 0.875. The number of carbonyl (C=O) groups is 3. The number of hydrogen-bond donors (Lipinski definition) is 0. The van der Waals surface area contributed by atoms with Crippen LogP contribution in [0.2, 0.25) is 0 Å². The van der Waals surface area contributed by atoms with Gasteiger partial charge in [-0.2, -0.15) is 0 Å². The maximum atomic E-state index is 13.0. The van der Waals surface area contributed by atoms with Crippen molar-refractivity contribution in [1.82, 2.24) is 0 Å². The summed E-state index contributed by atoms with van der Waals surface area (Å²) in [6, 6.07) is 0. The smallest absolute Gasteiger partial charge is 0.306 e. The van der Waals surface area contributed by atoms with E-state index in [0.717, 1.165) is 77.0 Å². The molecular formula is C72H134O6. The molecule has 0 N–H and O–H groups in total. The third kappa shape index (κ3) is 64.5. The molecule has 0 bridgehead atoms. The second-order valence-corrected chi connectivity index (χ2v) is 23.8. The van der Waals surface area contributed by atoms with E-state index in [2.05, 4.69) is 57.2 Å². The third-order valence-electron chi connectivity index (χ3n) is 15.9. The van der Waals surface area contributed by atoms with Crippen molar-refractivity contribution in [2.45, 2.75) is 393 Å². The summed E-state index contributed by atoms with van der Waals surface area (Å²) in [4.78, 5) is 38.5. The molecule has 0 aliphatic carbocycles. The summed E-state index contributed by atoms with van der Waals surface area (Å²) in [5, 5.41) is 0. The monoisotopic (exact) mass is 1100 g/mol. The zero-order valence-corrected chi connectivity index (χ0v) is 52.7. The van der Waals surface area contributed by atoms with Crippen LogP contribution >= 0.6 is 0 Å². The fourth-order valence-electron chi connectivity index (χ4n) is 10.6. The highest BCUT2D eigenvalue weighted by Gasteiger charge is 2.19. The molecule has 0 saturated carbocycles. The molecule has 0 aromatic rings. The summed E-state index contributed by atoms with van der Waals surface area (Å²) in [5.74, 6) is -0.844. The predicted octanol–water partition coefficient (Wildman–Crippen LogP) is 23.9.